The molecule has 0 saturated carbocycles. The monoisotopic (exact) mass is 258 g/mol. The Labute approximate surface area is 113 Å². The molecule has 0 unspecified atom stereocenters. The van der Waals surface area contributed by atoms with Gasteiger partial charge in [-0.3, -0.25) is 0 Å². The first-order valence-corrected chi connectivity index (χ1v) is 7.02. The van der Waals surface area contributed by atoms with Crippen LogP contribution in [0, 0.1) is 13.8 Å². The normalized spacial score (nSPS) is 10.6. The van der Waals surface area contributed by atoms with Gasteiger partial charge in [0.15, 0.2) is 0 Å². The molecule has 18 heavy (non-hydrogen) atoms. The Morgan fingerprint density at radius 2 is 2.06 bits per heavy atom. The summed E-state index contributed by atoms with van der Waals surface area (Å²) >= 11 is 1.76. The number of hydrogen-bond donors (Lipinski definition) is 1. The first kappa shape index (κ1) is 13.1. The Balaban J connectivity index is 2.13. The van der Waals surface area contributed by atoms with Crippen molar-refractivity contribution in [1.29, 1.82) is 0 Å². The van der Waals surface area contributed by atoms with Crippen LogP contribution >= 0.6 is 11.8 Å². The molecule has 0 saturated heterocycles. The summed E-state index contributed by atoms with van der Waals surface area (Å²) in [6.07, 6.45) is 1.85. The number of aryl methyl sites for hydroxylation is 2. The fourth-order valence-electron chi connectivity index (χ4n) is 1.89. The maximum atomic E-state index is 5.79. The Bertz CT molecular complexity index is 538. The van der Waals surface area contributed by atoms with E-state index < -0.39 is 0 Å². The number of thioether (sulfide) groups is 1. The molecule has 3 heteroatoms. The van der Waals surface area contributed by atoms with Crippen LogP contribution in [0.15, 0.2) is 41.6 Å². The quantitative estimate of drug-likeness (QED) is 0.854. The Kier molecular flexibility index (Phi) is 4.39. The van der Waals surface area contributed by atoms with Crippen molar-refractivity contribution in [2.45, 2.75) is 31.2 Å². The summed E-state index contributed by atoms with van der Waals surface area (Å²) in [5, 5.41) is 1.05. The number of hydrogen-bond acceptors (Lipinski definition) is 3. The first-order chi connectivity index (χ1) is 8.70. The highest BCUT2D eigenvalue weighted by molar-refractivity contribution is 7.98. The van der Waals surface area contributed by atoms with Crippen molar-refractivity contribution in [2.24, 2.45) is 5.73 Å². The van der Waals surface area contributed by atoms with Crippen LogP contribution in [0.3, 0.4) is 0 Å². The molecule has 0 bridgehead atoms. The zero-order valence-corrected chi connectivity index (χ0v) is 11.6. The lowest BCUT2D eigenvalue weighted by molar-refractivity contribution is 0.942. The molecule has 1 heterocycles. The zero-order valence-electron chi connectivity index (χ0n) is 10.8. The molecule has 0 radical (unpaired) electrons. The van der Waals surface area contributed by atoms with Crippen LogP contribution in [0.5, 0.6) is 0 Å². The number of rotatable bonds is 4. The molecule has 2 aromatic rings. The molecule has 0 spiro atoms. The highest BCUT2D eigenvalue weighted by atomic mass is 32.2. The van der Waals surface area contributed by atoms with Gasteiger partial charge in [-0.2, -0.15) is 0 Å². The van der Waals surface area contributed by atoms with Gasteiger partial charge in [-0.25, -0.2) is 4.98 Å². The van der Waals surface area contributed by atoms with E-state index in [1.807, 2.05) is 12.3 Å². The van der Waals surface area contributed by atoms with Crippen LogP contribution in [0.2, 0.25) is 0 Å². The van der Waals surface area contributed by atoms with Crippen molar-refractivity contribution >= 4 is 11.8 Å². The third-order valence-electron chi connectivity index (χ3n) is 2.91. The highest BCUT2D eigenvalue weighted by Crippen LogP contribution is 2.26. The third-order valence-corrected chi connectivity index (χ3v) is 4.02. The molecular weight excluding hydrogens is 240 g/mol. The van der Waals surface area contributed by atoms with Crippen LogP contribution in [0.1, 0.15) is 22.3 Å². The van der Waals surface area contributed by atoms with Crippen LogP contribution in [0.4, 0.5) is 0 Å². The molecular formula is C15H18N2S. The van der Waals surface area contributed by atoms with Crippen LogP contribution in [0.25, 0.3) is 0 Å². The molecule has 0 aliphatic heterocycles. The molecule has 2 nitrogen and oxygen atoms in total. The van der Waals surface area contributed by atoms with Gasteiger partial charge in [-0.1, -0.05) is 29.8 Å². The van der Waals surface area contributed by atoms with Crippen LogP contribution < -0.4 is 5.73 Å². The van der Waals surface area contributed by atoms with Crippen LogP contribution in [-0.2, 0) is 12.3 Å². The van der Waals surface area contributed by atoms with E-state index in [-0.39, 0.29) is 0 Å². The minimum Gasteiger partial charge on any atom is -0.326 e. The standard InChI is InChI=1S/C15H18N2S/c1-11-4-3-5-13(8-11)10-18-15-14(9-16)12(2)6-7-17-15/h3-8H,9-10,16H2,1-2H3. The minimum absolute atomic E-state index is 0.551. The summed E-state index contributed by atoms with van der Waals surface area (Å²) in [6.45, 7) is 4.75. The summed E-state index contributed by atoms with van der Waals surface area (Å²) in [6, 6.07) is 10.6. The van der Waals surface area contributed by atoms with Gasteiger partial charge in [0, 0.05) is 24.1 Å². The van der Waals surface area contributed by atoms with E-state index in [2.05, 4.69) is 43.1 Å². The number of benzene rings is 1. The largest absolute Gasteiger partial charge is 0.326 e. The first-order valence-electron chi connectivity index (χ1n) is 6.03. The lowest BCUT2D eigenvalue weighted by atomic mass is 10.2. The van der Waals surface area contributed by atoms with E-state index in [4.69, 9.17) is 5.73 Å². The van der Waals surface area contributed by atoms with Gasteiger partial charge < -0.3 is 5.73 Å². The molecule has 2 N–H and O–H groups in total. The van der Waals surface area contributed by atoms with Gasteiger partial charge >= 0.3 is 0 Å². The Morgan fingerprint density at radius 1 is 1.22 bits per heavy atom. The predicted molar refractivity (Wildman–Crippen MR) is 77.6 cm³/mol. The second-order valence-electron chi connectivity index (χ2n) is 4.39. The van der Waals surface area contributed by atoms with Gasteiger partial charge in [0.25, 0.3) is 0 Å². The average molecular weight is 258 g/mol. The van der Waals surface area contributed by atoms with E-state index in [0.717, 1.165) is 16.3 Å². The van der Waals surface area contributed by atoms with Crippen molar-refractivity contribution < 1.29 is 0 Å². The third kappa shape index (κ3) is 3.12. The van der Waals surface area contributed by atoms with Gasteiger partial charge in [-0.15, -0.1) is 11.8 Å². The average Bonchev–Trinajstić information content (AvgIpc) is 2.36. The zero-order chi connectivity index (χ0) is 13.0. The maximum Gasteiger partial charge on any atom is 0.101 e. The predicted octanol–water partition coefficient (Wildman–Crippen LogP) is 3.45. The van der Waals surface area contributed by atoms with Crippen molar-refractivity contribution in [2.75, 3.05) is 0 Å². The molecule has 0 aliphatic carbocycles. The lowest BCUT2D eigenvalue weighted by Crippen LogP contribution is -2.02. The van der Waals surface area contributed by atoms with E-state index >= 15 is 0 Å². The smallest absolute Gasteiger partial charge is 0.101 e. The second kappa shape index (κ2) is 6.03. The number of nitrogens with zero attached hydrogens (tertiary/aromatic N) is 1. The summed E-state index contributed by atoms with van der Waals surface area (Å²) in [5.41, 5.74) is 10.8. The maximum absolute atomic E-state index is 5.79. The Morgan fingerprint density at radius 3 is 2.78 bits per heavy atom. The number of nitrogens with two attached hydrogens (primary N) is 1. The molecule has 0 atom stereocenters. The lowest BCUT2D eigenvalue weighted by Gasteiger charge is -2.09. The van der Waals surface area contributed by atoms with Gasteiger partial charge in [0.1, 0.15) is 5.03 Å². The number of aromatic nitrogens is 1. The molecule has 1 aromatic heterocycles. The molecule has 0 aliphatic rings. The topological polar surface area (TPSA) is 38.9 Å². The van der Waals surface area contributed by atoms with Crippen LogP contribution in [-0.4, -0.2) is 4.98 Å². The molecule has 2 rings (SSSR count). The number of pyridine rings is 1. The van der Waals surface area contributed by atoms with Gasteiger partial charge in [-0.05, 0) is 31.0 Å². The fourth-order valence-corrected chi connectivity index (χ4v) is 2.93. The Hall–Kier alpha value is -1.32. The fraction of sp³-hybridized carbons (Fsp3) is 0.267. The summed E-state index contributed by atoms with van der Waals surface area (Å²) in [7, 11) is 0. The molecule has 0 fully saturated rings. The second-order valence-corrected chi connectivity index (χ2v) is 5.36. The minimum atomic E-state index is 0.551. The highest BCUT2D eigenvalue weighted by Gasteiger charge is 2.06. The van der Waals surface area contributed by atoms with Gasteiger partial charge in [0.2, 0.25) is 0 Å². The summed E-state index contributed by atoms with van der Waals surface area (Å²) < 4.78 is 0. The van der Waals surface area contributed by atoms with E-state index in [9.17, 15) is 0 Å². The SMILES string of the molecule is Cc1cccc(CSc2nccc(C)c2CN)c1. The summed E-state index contributed by atoms with van der Waals surface area (Å²) in [4.78, 5) is 4.43. The molecule has 1 aromatic carbocycles. The van der Waals surface area contributed by atoms with Crippen molar-refractivity contribution in [3.63, 3.8) is 0 Å². The van der Waals surface area contributed by atoms with Crippen molar-refractivity contribution in [1.82, 2.24) is 4.98 Å². The van der Waals surface area contributed by atoms with E-state index in [0.29, 0.717) is 6.54 Å². The van der Waals surface area contributed by atoms with Crippen molar-refractivity contribution in [3.05, 3.63) is 58.8 Å². The van der Waals surface area contributed by atoms with E-state index in [1.165, 1.54) is 16.7 Å². The van der Waals surface area contributed by atoms with Gasteiger partial charge in [0.05, 0.1) is 0 Å². The van der Waals surface area contributed by atoms with Crippen molar-refractivity contribution in [3.8, 4) is 0 Å². The summed E-state index contributed by atoms with van der Waals surface area (Å²) in [5.74, 6) is 0.936. The molecule has 94 valence electrons. The van der Waals surface area contributed by atoms with E-state index in [1.54, 1.807) is 11.8 Å². The molecule has 0 amide bonds.